The molecule has 2 atom stereocenters. The molecule has 1 aliphatic rings. The van der Waals surface area contributed by atoms with E-state index in [0.717, 1.165) is 29.3 Å². The number of ether oxygens (including phenoxy) is 1. The zero-order valence-electron chi connectivity index (χ0n) is 15.7. The van der Waals surface area contributed by atoms with Crippen molar-refractivity contribution in [2.24, 2.45) is 0 Å². The molecule has 0 saturated carbocycles. The number of hydrogen-bond donors (Lipinski definition) is 1. The largest absolute Gasteiger partial charge is 0.507 e. The fourth-order valence-electron chi connectivity index (χ4n) is 3.79. The minimum absolute atomic E-state index is 0.0172. The number of halogens is 1. The van der Waals surface area contributed by atoms with Crippen molar-refractivity contribution in [2.45, 2.75) is 57.5 Å². The number of hydrogen-bond acceptors (Lipinski definition) is 4. The van der Waals surface area contributed by atoms with Gasteiger partial charge in [0.25, 0.3) is 0 Å². The molecule has 0 fully saturated rings. The Morgan fingerprint density at radius 1 is 1.26 bits per heavy atom. The minimum atomic E-state index is -0.814. The van der Waals surface area contributed by atoms with Gasteiger partial charge in [0.15, 0.2) is 0 Å². The molecule has 1 aliphatic heterocycles. The molecule has 0 bridgehead atoms. The predicted molar refractivity (Wildman–Crippen MR) is 109 cm³/mol. The lowest BCUT2D eigenvalue weighted by Gasteiger charge is -2.28. The summed E-state index contributed by atoms with van der Waals surface area (Å²) >= 11 is 3.44. The van der Waals surface area contributed by atoms with Gasteiger partial charge in [-0.1, -0.05) is 48.3 Å². The average molecular weight is 433 g/mol. The summed E-state index contributed by atoms with van der Waals surface area (Å²) in [5, 5.41) is 10.7. The second-order valence-electron chi connectivity index (χ2n) is 7.07. The summed E-state index contributed by atoms with van der Waals surface area (Å²) in [5.41, 5.74) is 0.0702. The van der Waals surface area contributed by atoms with E-state index in [1.807, 2.05) is 37.3 Å². The molecule has 0 saturated heterocycles. The molecular formula is C22H25BrO4. The third-order valence-electron chi connectivity index (χ3n) is 5.19. The van der Waals surface area contributed by atoms with Crippen LogP contribution in [0.3, 0.4) is 0 Å². The Labute approximate surface area is 168 Å². The fourth-order valence-corrected chi connectivity index (χ4v) is 4.05. The maximum atomic E-state index is 12.8. The zero-order chi connectivity index (χ0) is 19.4. The second-order valence-corrected chi connectivity index (χ2v) is 7.99. The summed E-state index contributed by atoms with van der Waals surface area (Å²) < 4.78 is 12.5. The molecule has 1 aromatic heterocycles. The number of aromatic hydroxyl groups is 1. The molecule has 0 radical (unpaired) electrons. The first-order valence-corrected chi connectivity index (χ1v) is 10.2. The number of benzene rings is 1. The highest BCUT2D eigenvalue weighted by atomic mass is 79.9. The Hall–Kier alpha value is -2.01. The number of rotatable bonds is 7. The normalized spacial score (nSPS) is 19.8. The van der Waals surface area contributed by atoms with E-state index in [0.29, 0.717) is 18.6 Å². The maximum absolute atomic E-state index is 12.8. The van der Waals surface area contributed by atoms with Crippen LogP contribution in [0.1, 0.15) is 62.3 Å². The van der Waals surface area contributed by atoms with Crippen LogP contribution in [0.5, 0.6) is 5.75 Å². The van der Waals surface area contributed by atoms with Crippen molar-refractivity contribution in [3.05, 3.63) is 74.4 Å². The molecule has 0 amide bonds. The van der Waals surface area contributed by atoms with Crippen molar-refractivity contribution in [1.29, 1.82) is 0 Å². The third-order valence-corrected chi connectivity index (χ3v) is 5.72. The first-order valence-electron chi connectivity index (χ1n) is 9.44. The van der Waals surface area contributed by atoms with Crippen LogP contribution in [0, 0.1) is 0 Å². The summed E-state index contributed by atoms with van der Waals surface area (Å²) in [7, 11) is 0. The Morgan fingerprint density at radius 3 is 2.56 bits per heavy atom. The van der Waals surface area contributed by atoms with Crippen molar-refractivity contribution < 1.29 is 14.3 Å². The maximum Gasteiger partial charge on any atom is 0.347 e. The SMILES string of the molecule is CCCC1(c2c(O)cc(C(CC)Cc3ccc(Br)cc3)oc2=O)CC=CO1. The van der Waals surface area contributed by atoms with Gasteiger partial charge in [-0.05, 0) is 43.0 Å². The second kappa shape index (κ2) is 8.34. The lowest BCUT2D eigenvalue weighted by atomic mass is 9.86. The molecule has 4 nitrogen and oxygen atoms in total. The van der Waals surface area contributed by atoms with Gasteiger partial charge in [0.05, 0.1) is 6.26 Å². The Kier molecular flexibility index (Phi) is 6.10. The molecule has 2 aromatic rings. The van der Waals surface area contributed by atoms with Crippen molar-refractivity contribution in [3.8, 4) is 5.75 Å². The van der Waals surface area contributed by atoms with Gasteiger partial charge in [0.2, 0.25) is 0 Å². The molecule has 1 N–H and O–H groups in total. The van der Waals surface area contributed by atoms with E-state index >= 15 is 0 Å². The summed E-state index contributed by atoms with van der Waals surface area (Å²) in [5.74, 6) is 0.500. The van der Waals surface area contributed by atoms with Crippen molar-refractivity contribution in [3.63, 3.8) is 0 Å². The van der Waals surface area contributed by atoms with E-state index in [9.17, 15) is 9.90 Å². The van der Waals surface area contributed by atoms with Gasteiger partial charge in [-0.3, -0.25) is 0 Å². The van der Waals surface area contributed by atoms with Gasteiger partial charge in [-0.15, -0.1) is 0 Å². The van der Waals surface area contributed by atoms with Gasteiger partial charge in [0.1, 0.15) is 22.7 Å². The summed E-state index contributed by atoms with van der Waals surface area (Å²) in [6.07, 6.45) is 7.07. The highest BCUT2D eigenvalue weighted by Crippen LogP contribution is 2.42. The van der Waals surface area contributed by atoms with Crippen molar-refractivity contribution in [2.75, 3.05) is 0 Å². The van der Waals surface area contributed by atoms with Gasteiger partial charge in [-0.2, -0.15) is 0 Å². The van der Waals surface area contributed by atoms with E-state index in [2.05, 4.69) is 22.9 Å². The lowest BCUT2D eigenvalue weighted by Crippen LogP contribution is -2.31. The molecule has 0 aliphatic carbocycles. The van der Waals surface area contributed by atoms with Gasteiger partial charge < -0.3 is 14.3 Å². The van der Waals surface area contributed by atoms with Crippen LogP contribution in [0.4, 0.5) is 0 Å². The lowest BCUT2D eigenvalue weighted by molar-refractivity contribution is 0.0256. The fraction of sp³-hybridized carbons (Fsp3) is 0.409. The quantitative estimate of drug-likeness (QED) is 0.602. The van der Waals surface area contributed by atoms with E-state index in [4.69, 9.17) is 9.15 Å². The first-order chi connectivity index (χ1) is 13.0. The van der Waals surface area contributed by atoms with E-state index in [1.54, 1.807) is 12.3 Å². The molecule has 2 unspecified atom stereocenters. The van der Waals surface area contributed by atoms with Crippen LogP contribution in [0.15, 0.2) is 56.4 Å². The minimum Gasteiger partial charge on any atom is -0.507 e. The van der Waals surface area contributed by atoms with E-state index in [1.165, 1.54) is 0 Å². The zero-order valence-corrected chi connectivity index (χ0v) is 17.3. The van der Waals surface area contributed by atoms with E-state index < -0.39 is 11.2 Å². The standard InChI is InChI=1S/C22H25BrO4/c1-3-10-22(11-5-12-26-22)20-18(24)14-19(27-21(20)25)16(4-2)13-15-6-8-17(23)9-7-15/h5-9,12,14,16,24H,3-4,10-11,13H2,1-2H3. The third kappa shape index (κ3) is 4.13. The average Bonchev–Trinajstić information content (AvgIpc) is 3.10. The topological polar surface area (TPSA) is 59.7 Å². The van der Waals surface area contributed by atoms with Crippen LogP contribution >= 0.6 is 15.9 Å². The monoisotopic (exact) mass is 432 g/mol. The highest BCUT2D eigenvalue weighted by molar-refractivity contribution is 9.10. The summed E-state index contributed by atoms with van der Waals surface area (Å²) in [6, 6.07) is 9.69. The van der Waals surface area contributed by atoms with Crippen LogP contribution in [-0.4, -0.2) is 5.11 Å². The molecule has 1 aromatic carbocycles. The molecule has 0 spiro atoms. The van der Waals surface area contributed by atoms with Gasteiger partial charge >= 0.3 is 5.63 Å². The highest BCUT2D eigenvalue weighted by Gasteiger charge is 2.40. The molecule has 27 heavy (non-hydrogen) atoms. The van der Waals surface area contributed by atoms with Crippen LogP contribution < -0.4 is 5.63 Å². The van der Waals surface area contributed by atoms with Gasteiger partial charge in [0, 0.05) is 22.9 Å². The smallest absolute Gasteiger partial charge is 0.347 e. The molecule has 144 valence electrons. The van der Waals surface area contributed by atoms with Crippen molar-refractivity contribution >= 4 is 15.9 Å². The molecule has 3 rings (SSSR count). The Morgan fingerprint density at radius 2 is 2.00 bits per heavy atom. The predicted octanol–water partition coefficient (Wildman–Crippen LogP) is 5.77. The molecule has 2 heterocycles. The van der Waals surface area contributed by atoms with Crippen LogP contribution in [0.2, 0.25) is 0 Å². The summed E-state index contributed by atoms with van der Waals surface area (Å²) in [4.78, 5) is 12.8. The van der Waals surface area contributed by atoms with Gasteiger partial charge in [-0.25, -0.2) is 4.79 Å². The van der Waals surface area contributed by atoms with E-state index in [-0.39, 0.29) is 17.2 Å². The molecular weight excluding hydrogens is 408 g/mol. The van der Waals surface area contributed by atoms with Crippen molar-refractivity contribution in [1.82, 2.24) is 0 Å². The first kappa shape index (κ1) is 19.7. The van der Waals surface area contributed by atoms with Crippen LogP contribution in [-0.2, 0) is 16.8 Å². The Bertz CT molecular complexity index is 859. The molecule has 5 heteroatoms. The summed E-state index contributed by atoms with van der Waals surface area (Å²) in [6.45, 7) is 4.08. The van der Waals surface area contributed by atoms with Crippen LogP contribution in [0.25, 0.3) is 0 Å². The Balaban J connectivity index is 1.93.